The number of hydrogen-bond donors (Lipinski definition) is 2. The van der Waals surface area contributed by atoms with Gasteiger partial charge in [0.05, 0.1) is 25.7 Å². The molecule has 0 saturated carbocycles. The second-order valence-corrected chi connectivity index (χ2v) is 6.65. The average Bonchev–Trinajstić information content (AvgIpc) is 3.08. The van der Waals surface area contributed by atoms with Crippen molar-refractivity contribution >= 4 is 23.4 Å². The number of rotatable bonds is 7. The average molecular weight is 421 g/mol. The second-order valence-electron chi connectivity index (χ2n) is 5.71. The highest BCUT2D eigenvalue weighted by Gasteiger charge is 2.16. The summed E-state index contributed by atoms with van der Waals surface area (Å²) in [6.07, 6.45) is 0. The Labute approximate surface area is 169 Å². The van der Waals surface area contributed by atoms with Gasteiger partial charge in [-0.1, -0.05) is 11.8 Å². The van der Waals surface area contributed by atoms with E-state index in [1.54, 1.807) is 18.2 Å². The van der Waals surface area contributed by atoms with Crippen LogP contribution in [0.4, 0.5) is 14.5 Å². The predicted octanol–water partition coefficient (Wildman–Crippen LogP) is 2.69. The summed E-state index contributed by atoms with van der Waals surface area (Å²) in [6, 6.07) is 8.04. The first-order valence-electron chi connectivity index (χ1n) is 8.23. The molecule has 1 aromatic heterocycles. The van der Waals surface area contributed by atoms with Crippen molar-refractivity contribution in [1.82, 2.24) is 14.9 Å². The number of carbonyl (C=O) groups excluding carboxylic acids is 1. The zero-order valence-electron chi connectivity index (χ0n) is 15.5. The molecular weight excluding hydrogens is 404 g/mol. The molecule has 152 valence electrons. The molecule has 0 atom stereocenters. The summed E-state index contributed by atoms with van der Waals surface area (Å²) in [5.41, 5.74) is 0.527. The van der Waals surface area contributed by atoms with Gasteiger partial charge in [-0.2, -0.15) is 0 Å². The summed E-state index contributed by atoms with van der Waals surface area (Å²) in [5, 5.41) is 10.7. The maximum atomic E-state index is 13.6. The van der Waals surface area contributed by atoms with Crippen LogP contribution in [-0.2, 0) is 4.79 Å². The van der Waals surface area contributed by atoms with Gasteiger partial charge in [0.15, 0.2) is 17.3 Å². The van der Waals surface area contributed by atoms with Crippen LogP contribution in [0.5, 0.6) is 11.5 Å². The molecular formula is C18H17F2N5O3S. The van der Waals surface area contributed by atoms with Gasteiger partial charge in [-0.25, -0.2) is 13.5 Å². The molecule has 0 bridgehead atoms. The SMILES string of the molecule is COc1ccc(-c2nnc(SCC(=O)Nc3ccc(F)cc3F)n2N)cc1OC. The van der Waals surface area contributed by atoms with E-state index in [9.17, 15) is 13.6 Å². The number of amides is 1. The molecule has 0 spiro atoms. The maximum Gasteiger partial charge on any atom is 0.234 e. The van der Waals surface area contributed by atoms with Gasteiger partial charge in [0.25, 0.3) is 0 Å². The number of benzene rings is 2. The van der Waals surface area contributed by atoms with E-state index in [-0.39, 0.29) is 16.6 Å². The minimum atomic E-state index is -0.860. The van der Waals surface area contributed by atoms with E-state index >= 15 is 0 Å². The fourth-order valence-electron chi connectivity index (χ4n) is 2.45. The molecule has 0 radical (unpaired) electrons. The van der Waals surface area contributed by atoms with Gasteiger partial charge in [-0.05, 0) is 30.3 Å². The highest BCUT2D eigenvalue weighted by molar-refractivity contribution is 7.99. The van der Waals surface area contributed by atoms with Crippen LogP contribution in [-0.4, -0.2) is 40.8 Å². The van der Waals surface area contributed by atoms with Crippen LogP contribution in [0.3, 0.4) is 0 Å². The number of carbonyl (C=O) groups is 1. The van der Waals surface area contributed by atoms with Crippen LogP contribution in [0.25, 0.3) is 11.4 Å². The molecule has 1 heterocycles. The van der Waals surface area contributed by atoms with E-state index in [1.165, 1.54) is 18.9 Å². The van der Waals surface area contributed by atoms with E-state index in [0.29, 0.717) is 29.0 Å². The smallest absolute Gasteiger partial charge is 0.234 e. The number of nitrogen functional groups attached to an aromatic ring is 1. The lowest BCUT2D eigenvalue weighted by atomic mass is 10.2. The van der Waals surface area contributed by atoms with Crippen LogP contribution in [0.1, 0.15) is 0 Å². The van der Waals surface area contributed by atoms with Crippen LogP contribution < -0.4 is 20.6 Å². The lowest BCUT2D eigenvalue weighted by Crippen LogP contribution is -2.17. The zero-order valence-corrected chi connectivity index (χ0v) is 16.3. The summed E-state index contributed by atoms with van der Waals surface area (Å²) in [6.45, 7) is 0. The van der Waals surface area contributed by atoms with Crippen molar-refractivity contribution in [2.24, 2.45) is 0 Å². The highest BCUT2D eigenvalue weighted by Crippen LogP contribution is 2.32. The number of hydrogen-bond acceptors (Lipinski definition) is 7. The normalized spacial score (nSPS) is 10.6. The molecule has 0 aliphatic heterocycles. The predicted molar refractivity (Wildman–Crippen MR) is 104 cm³/mol. The third-order valence-electron chi connectivity index (χ3n) is 3.84. The summed E-state index contributed by atoms with van der Waals surface area (Å²) < 4.78 is 38.2. The molecule has 0 unspecified atom stereocenters. The number of thioether (sulfide) groups is 1. The Hall–Kier alpha value is -3.34. The summed E-state index contributed by atoms with van der Waals surface area (Å²) in [5.74, 6) is 5.27. The Kier molecular flexibility index (Phi) is 6.17. The van der Waals surface area contributed by atoms with Crippen LogP contribution in [0, 0.1) is 11.6 Å². The van der Waals surface area contributed by atoms with Crippen molar-refractivity contribution in [3.8, 4) is 22.9 Å². The van der Waals surface area contributed by atoms with Crippen molar-refractivity contribution < 1.29 is 23.0 Å². The fourth-order valence-corrected chi connectivity index (χ4v) is 3.11. The third kappa shape index (κ3) is 4.57. The van der Waals surface area contributed by atoms with E-state index in [4.69, 9.17) is 15.3 Å². The maximum absolute atomic E-state index is 13.6. The number of nitrogens with zero attached hydrogens (tertiary/aromatic N) is 3. The van der Waals surface area contributed by atoms with Gasteiger partial charge in [0, 0.05) is 11.6 Å². The van der Waals surface area contributed by atoms with Crippen LogP contribution in [0.15, 0.2) is 41.6 Å². The standard InChI is InChI=1S/C18H17F2N5O3S/c1-27-14-6-3-10(7-15(14)28-2)17-23-24-18(25(17)21)29-9-16(26)22-13-5-4-11(19)8-12(13)20/h3-8H,9,21H2,1-2H3,(H,22,26). The molecule has 29 heavy (non-hydrogen) atoms. The Bertz CT molecular complexity index is 1040. The molecule has 3 rings (SSSR count). The Morgan fingerprint density at radius 3 is 2.59 bits per heavy atom. The lowest BCUT2D eigenvalue weighted by molar-refractivity contribution is -0.113. The molecule has 2 aromatic carbocycles. The highest BCUT2D eigenvalue weighted by atomic mass is 32.2. The van der Waals surface area contributed by atoms with Crippen molar-refractivity contribution in [3.05, 3.63) is 48.0 Å². The van der Waals surface area contributed by atoms with Gasteiger partial charge in [-0.3, -0.25) is 4.79 Å². The van der Waals surface area contributed by atoms with Crippen molar-refractivity contribution in [3.63, 3.8) is 0 Å². The molecule has 0 saturated heterocycles. The Morgan fingerprint density at radius 2 is 1.90 bits per heavy atom. The number of halogens is 2. The van der Waals surface area contributed by atoms with E-state index in [0.717, 1.165) is 23.9 Å². The molecule has 3 N–H and O–H groups in total. The first kappa shape index (κ1) is 20.4. The Morgan fingerprint density at radius 1 is 1.14 bits per heavy atom. The molecule has 1 amide bonds. The summed E-state index contributed by atoms with van der Waals surface area (Å²) in [4.78, 5) is 12.0. The quantitative estimate of drug-likeness (QED) is 0.446. The summed E-state index contributed by atoms with van der Waals surface area (Å²) >= 11 is 1.02. The van der Waals surface area contributed by atoms with E-state index in [2.05, 4.69) is 15.5 Å². The van der Waals surface area contributed by atoms with Crippen LogP contribution in [0.2, 0.25) is 0 Å². The number of anilines is 1. The molecule has 8 nitrogen and oxygen atoms in total. The molecule has 3 aromatic rings. The first-order valence-corrected chi connectivity index (χ1v) is 9.22. The van der Waals surface area contributed by atoms with Gasteiger partial charge < -0.3 is 20.6 Å². The minimum Gasteiger partial charge on any atom is -0.493 e. The van der Waals surface area contributed by atoms with Gasteiger partial charge in [0.2, 0.25) is 11.1 Å². The lowest BCUT2D eigenvalue weighted by Gasteiger charge is -2.09. The van der Waals surface area contributed by atoms with Crippen molar-refractivity contribution in [1.29, 1.82) is 0 Å². The fraction of sp³-hybridized carbons (Fsp3) is 0.167. The topological polar surface area (TPSA) is 104 Å². The monoisotopic (exact) mass is 421 g/mol. The van der Waals surface area contributed by atoms with Gasteiger partial charge >= 0.3 is 0 Å². The Balaban J connectivity index is 1.69. The number of ether oxygens (including phenoxy) is 2. The zero-order chi connectivity index (χ0) is 21.0. The van der Waals surface area contributed by atoms with Gasteiger partial charge in [0.1, 0.15) is 11.6 Å². The van der Waals surface area contributed by atoms with Crippen molar-refractivity contribution in [2.75, 3.05) is 31.1 Å². The van der Waals surface area contributed by atoms with Gasteiger partial charge in [-0.15, -0.1) is 10.2 Å². The summed E-state index contributed by atoms with van der Waals surface area (Å²) in [7, 11) is 3.04. The second kappa shape index (κ2) is 8.78. The van der Waals surface area contributed by atoms with Crippen molar-refractivity contribution in [2.45, 2.75) is 5.16 Å². The first-order chi connectivity index (χ1) is 13.9. The van der Waals surface area contributed by atoms with E-state index < -0.39 is 17.5 Å². The number of nitrogens with one attached hydrogen (secondary N) is 1. The molecule has 0 aliphatic rings. The number of methoxy groups -OCH3 is 2. The number of nitrogens with two attached hydrogens (primary N) is 1. The van der Waals surface area contributed by atoms with E-state index in [1.807, 2.05) is 0 Å². The third-order valence-corrected chi connectivity index (χ3v) is 4.79. The molecule has 0 fully saturated rings. The number of aromatic nitrogens is 3. The largest absolute Gasteiger partial charge is 0.493 e. The van der Waals surface area contributed by atoms with Crippen LogP contribution >= 0.6 is 11.8 Å². The molecule has 11 heteroatoms. The minimum absolute atomic E-state index is 0.0991. The molecule has 0 aliphatic carbocycles.